The van der Waals surface area contributed by atoms with Gasteiger partial charge in [-0.3, -0.25) is 4.79 Å². The monoisotopic (exact) mass is 387 g/mol. The van der Waals surface area contributed by atoms with Gasteiger partial charge in [0, 0.05) is 21.7 Å². The summed E-state index contributed by atoms with van der Waals surface area (Å²) >= 11 is 3.60. The number of carbonyl (C=O) groups is 1. The Morgan fingerprint density at radius 1 is 1.12 bits per heavy atom. The smallest absolute Gasteiger partial charge is 0.224 e. The van der Waals surface area contributed by atoms with Gasteiger partial charge in [-0.2, -0.15) is 0 Å². The van der Waals surface area contributed by atoms with Gasteiger partial charge in [-0.1, -0.05) is 41.1 Å². The van der Waals surface area contributed by atoms with Gasteiger partial charge in [-0.15, -0.1) is 0 Å². The van der Waals surface area contributed by atoms with Crippen LogP contribution >= 0.6 is 15.9 Å². The summed E-state index contributed by atoms with van der Waals surface area (Å²) in [6, 6.07) is 11.8. The molecule has 0 radical (unpaired) electrons. The molecule has 0 aliphatic heterocycles. The van der Waals surface area contributed by atoms with E-state index in [0.29, 0.717) is 17.9 Å². The van der Waals surface area contributed by atoms with Crippen LogP contribution < -0.4 is 14.8 Å². The fourth-order valence-electron chi connectivity index (χ4n) is 2.91. The zero-order chi connectivity index (χ0) is 17.3. The molecule has 0 aliphatic carbocycles. The number of anilines is 1. The second-order valence-corrected chi connectivity index (χ2v) is 6.24. The van der Waals surface area contributed by atoms with E-state index in [1.807, 2.05) is 43.3 Å². The van der Waals surface area contributed by atoms with Crippen molar-refractivity contribution in [3.63, 3.8) is 0 Å². The molecule has 0 aliphatic rings. The maximum Gasteiger partial charge on any atom is 0.224 e. The summed E-state index contributed by atoms with van der Waals surface area (Å²) in [7, 11) is 3.26. The molecule has 1 amide bonds. The highest BCUT2D eigenvalue weighted by molar-refractivity contribution is 9.10. The number of halogens is 1. The minimum absolute atomic E-state index is 0.0214. The highest BCUT2D eigenvalue weighted by Gasteiger charge is 2.16. The minimum atomic E-state index is -0.0214. The third-order valence-electron chi connectivity index (χ3n) is 4.03. The lowest BCUT2D eigenvalue weighted by molar-refractivity contribution is -0.115. The molecule has 0 atom stereocenters. The van der Waals surface area contributed by atoms with E-state index in [0.717, 1.165) is 31.7 Å². The number of hydrogen-bond acceptors (Lipinski definition) is 3. The highest BCUT2D eigenvalue weighted by atomic mass is 79.9. The van der Waals surface area contributed by atoms with Crippen LogP contribution in [0.15, 0.2) is 40.9 Å². The lowest BCUT2D eigenvalue weighted by Gasteiger charge is -2.16. The molecule has 5 heteroatoms. The molecule has 4 nitrogen and oxygen atoms in total. The van der Waals surface area contributed by atoms with Crippen molar-refractivity contribution < 1.29 is 14.3 Å². The number of benzene rings is 3. The first kappa shape index (κ1) is 16.6. The molecule has 3 aromatic rings. The lowest BCUT2D eigenvalue weighted by atomic mass is 9.99. The Kier molecular flexibility index (Phi) is 4.62. The molecule has 0 saturated carbocycles. The van der Waals surface area contributed by atoms with Crippen LogP contribution in [0.3, 0.4) is 0 Å². The molecular weight excluding hydrogens is 370 g/mol. The van der Waals surface area contributed by atoms with Gasteiger partial charge in [-0.25, -0.2) is 0 Å². The van der Waals surface area contributed by atoms with Gasteiger partial charge in [0.15, 0.2) is 11.5 Å². The maximum absolute atomic E-state index is 11.9. The number of carbonyl (C=O) groups excluding carboxylic acids is 1. The third kappa shape index (κ3) is 2.69. The van der Waals surface area contributed by atoms with Crippen LogP contribution in [0.4, 0.5) is 5.69 Å². The Labute approximate surface area is 148 Å². The number of ether oxygens (including phenoxy) is 2. The first-order chi connectivity index (χ1) is 11.6. The van der Waals surface area contributed by atoms with Crippen molar-refractivity contribution in [1.29, 1.82) is 0 Å². The lowest BCUT2D eigenvalue weighted by Crippen LogP contribution is -2.10. The quantitative estimate of drug-likeness (QED) is 0.631. The number of nitrogens with one attached hydrogen (secondary N) is 1. The highest BCUT2D eigenvalue weighted by Crippen LogP contribution is 2.44. The Morgan fingerprint density at radius 3 is 2.58 bits per heavy atom. The summed E-state index contributed by atoms with van der Waals surface area (Å²) in [5, 5.41) is 6.86. The minimum Gasteiger partial charge on any atom is -0.493 e. The predicted octanol–water partition coefficient (Wildman–Crippen LogP) is 5.12. The van der Waals surface area contributed by atoms with Crippen LogP contribution in [0.25, 0.3) is 21.5 Å². The Bertz CT molecular complexity index is 937. The molecule has 1 N–H and O–H groups in total. The summed E-state index contributed by atoms with van der Waals surface area (Å²) in [4.78, 5) is 11.9. The number of amides is 1. The Morgan fingerprint density at radius 2 is 1.92 bits per heavy atom. The van der Waals surface area contributed by atoms with E-state index < -0.39 is 0 Å². The van der Waals surface area contributed by atoms with E-state index in [1.54, 1.807) is 14.2 Å². The number of hydrogen-bond donors (Lipinski definition) is 1. The average Bonchev–Trinajstić information content (AvgIpc) is 2.60. The zero-order valence-corrected chi connectivity index (χ0v) is 15.4. The van der Waals surface area contributed by atoms with E-state index in [-0.39, 0.29) is 5.91 Å². The van der Waals surface area contributed by atoms with Crippen molar-refractivity contribution >= 4 is 49.1 Å². The summed E-state index contributed by atoms with van der Waals surface area (Å²) in [6.45, 7) is 1.83. The molecule has 0 bridgehead atoms. The van der Waals surface area contributed by atoms with Crippen LogP contribution in [0, 0.1) is 0 Å². The van der Waals surface area contributed by atoms with Crippen molar-refractivity contribution in [2.45, 2.75) is 13.3 Å². The van der Waals surface area contributed by atoms with Gasteiger partial charge in [0.1, 0.15) is 0 Å². The van der Waals surface area contributed by atoms with E-state index in [2.05, 4.69) is 21.2 Å². The third-order valence-corrected chi connectivity index (χ3v) is 4.69. The molecule has 0 fully saturated rings. The molecular formula is C19H18BrNO3. The largest absolute Gasteiger partial charge is 0.493 e. The van der Waals surface area contributed by atoms with Crippen LogP contribution in [0.5, 0.6) is 11.5 Å². The van der Waals surface area contributed by atoms with Gasteiger partial charge in [0.2, 0.25) is 5.91 Å². The van der Waals surface area contributed by atoms with Gasteiger partial charge in [0.05, 0.1) is 19.9 Å². The van der Waals surface area contributed by atoms with Crippen molar-refractivity contribution in [1.82, 2.24) is 0 Å². The summed E-state index contributed by atoms with van der Waals surface area (Å²) in [6.07, 6.45) is 0.427. The van der Waals surface area contributed by atoms with Crippen molar-refractivity contribution in [2.24, 2.45) is 0 Å². The Hall–Kier alpha value is -2.27. The van der Waals surface area contributed by atoms with E-state index in [1.165, 1.54) is 0 Å². The molecule has 0 aromatic heterocycles. The van der Waals surface area contributed by atoms with Crippen LogP contribution in [0.2, 0.25) is 0 Å². The summed E-state index contributed by atoms with van der Waals surface area (Å²) < 4.78 is 12.0. The molecule has 0 spiro atoms. The van der Waals surface area contributed by atoms with Gasteiger partial charge in [0.25, 0.3) is 0 Å². The summed E-state index contributed by atoms with van der Waals surface area (Å²) in [5.74, 6) is 1.34. The molecule has 124 valence electrons. The molecule has 3 aromatic carbocycles. The zero-order valence-electron chi connectivity index (χ0n) is 13.8. The molecule has 0 unspecified atom stereocenters. The normalized spacial score (nSPS) is 10.8. The van der Waals surface area contributed by atoms with Crippen LogP contribution in [0.1, 0.15) is 13.3 Å². The molecule has 0 saturated heterocycles. The first-order valence-electron chi connectivity index (χ1n) is 7.66. The maximum atomic E-state index is 11.9. The summed E-state index contributed by atoms with van der Waals surface area (Å²) in [5.41, 5.74) is 0.782. The van der Waals surface area contributed by atoms with E-state index in [9.17, 15) is 4.79 Å². The Balaban J connectivity index is 2.45. The van der Waals surface area contributed by atoms with Crippen molar-refractivity contribution in [3.8, 4) is 11.5 Å². The topological polar surface area (TPSA) is 47.6 Å². The second-order valence-electron chi connectivity index (χ2n) is 5.39. The number of methoxy groups -OCH3 is 2. The average molecular weight is 388 g/mol. The predicted molar refractivity (Wildman–Crippen MR) is 101 cm³/mol. The first-order valence-corrected chi connectivity index (χ1v) is 8.45. The van der Waals surface area contributed by atoms with Crippen molar-refractivity contribution in [2.75, 3.05) is 19.5 Å². The molecule has 3 rings (SSSR count). The number of fused-ring (bicyclic) bond motifs is 3. The van der Waals surface area contributed by atoms with Gasteiger partial charge >= 0.3 is 0 Å². The number of rotatable bonds is 4. The fourth-order valence-corrected chi connectivity index (χ4v) is 3.49. The van der Waals surface area contributed by atoms with Crippen molar-refractivity contribution in [3.05, 3.63) is 40.9 Å². The fraction of sp³-hybridized carbons (Fsp3) is 0.211. The molecule has 24 heavy (non-hydrogen) atoms. The molecule has 0 heterocycles. The SMILES string of the molecule is CCC(=O)Nc1cc2ccc(OC)c(OC)c2c2cccc(Br)c12. The van der Waals surface area contributed by atoms with Gasteiger partial charge < -0.3 is 14.8 Å². The standard InChI is InChI=1S/C19H18BrNO3/c1-4-16(22)21-14-10-11-8-9-15(23-2)19(24-3)17(11)12-6-5-7-13(20)18(12)14/h5-10H,4H2,1-3H3,(H,21,22). The second kappa shape index (κ2) is 6.69. The van der Waals surface area contributed by atoms with Crippen LogP contribution in [-0.4, -0.2) is 20.1 Å². The van der Waals surface area contributed by atoms with Crippen LogP contribution in [-0.2, 0) is 4.79 Å². The van der Waals surface area contributed by atoms with E-state index in [4.69, 9.17) is 9.47 Å². The van der Waals surface area contributed by atoms with E-state index >= 15 is 0 Å². The van der Waals surface area contributed by atoms with Gasteiger partial charge in [-0.05, 0) is 29.0 Å².